The smallest absolute Gasteiger partial charge is 0.225 e. The van der Waals surface area contributed by atoms with Crippen molar-refractivity contribution in [2.45, 2.75) is 89.6 Å². The van der Waals surface area contributed by atoms with E-state index in [2.05, 4.69) is 10.6 Å². The van der Waals surface area contributed by atoms with Crippen LogP contribution in [0.4, 0.5) is 0 Å². The maximum absolute atomic E-state index is 12.9. The van der Waals surface area contributed by atoms with E-state index in [1.54, 1.807) is 6.92 Å². The molecule has 4 unspecified atom stereocenters. The molecule has 130 valence electrons. The van der Waals surface area contributed by atoms with Crippen molar-refractivity contribution >= 4 is 11.8 Å². The zero-order chi connectivity index (χ0) is 16.2. The maximum Gasteiger partial charge on any atom is 0.225 e. The van der Waals surface area contributed by atoms with Crippen LogP contribution in [0, 0.1) is 17.8 Å². The van der Waals surface area contributed by atoms with Gasteiger partial charge in [-0.3, -0.25) is 9.59 Å². The van der Waals surface area contributed by atoms with Gasteiger partial charge in [0.15, 0.2) is 0 Å². The van der Waals surface area contributed by atoms with Crippen molar-refractivity contribution < 1.29 is 9.59 Å². The number of nitrogens with one attached hydrogen (secondary N) is 2. The molecule has 0 spiro atoms. The Morgan fingerprint density at radius 2 is 1.39 bits per heavy atom. The summed E-state index contributed by atoms with van der Waals surface area (Å²) in [7, 11) is 0. The first-order valence-corrected chi connectivity index (χ1v) is 9.71. The van der Waals surface area contributed by atoms with Crippen molar-refractivity contribution in [3.8, 4) is 0 Å². The molecular formula is C19H32N2O2. The third kappa shape index (κ3) is 4.27. The molecule has 0 saturated heterocycles. The normalized spacial score (nSPS) is 35.2. The number of hydrogen-bond donors (Lipinski definition) is 2. The van der Waals surface area contributed by atoms with Crippen LogP contribution >= 0.6 is 0 Å². The third-order valence-electron chi connectivity index (χ3n) is 6.34. The Morgan fingerprint density at radius 3 is 2.04 bits per heavy atom. The molecule has 0 heterocycles. The summed E-state index contributed by atoms with van der Waals surface area (Å²) in [5.74, 6) is 1.56. The Bertz CT molecular complexity index is 431. The van der Waals surface area contributed by atoms with E-state index in [1.807, 2.05) is 0 Å². The highest BCUT2D eigenvalue weighted by atomic mass is 16.2. The van der Waals surface area contributed by atoms with Gasteiger partial charge in [0.25, 0.3) is 0 Å². The molecule has 3 aliphatic rings. The third-order valence-corrected chi connectivity index (χ3v) is 6.34. The molecule has 3 aliphatic carbocycles. The van der Waals surface area contributed by atoms with Crippen molar-refractivity contribution in [2.24, 2.45) is 17.8 Å². The fourth-order valence-corrected chi connectivity index (χ4v) is 5.15. The summed E-state index contributed by atoms with van der Waals surface area (Å²) in [6.07, 6.45) is 13.1. The molecule has 3 rings (SSSR count). The minimum absolute atomic E-state index is 0.000254. The van der Waals surface area contributed by atoms with Crippen LogP contribution in [0.25, 0.3) is 0 Å². The molecular weight excluding hydrogens is 288 g/mol. The Labute approximate surface area is 140 Å². The van der Waals surface area contributed by atoms with E-state index >= 15 is 0 Å². The molecule has 4 nitrogen and oxygen atoms in total. The lowest BCUT2D eigenvalue weighted by Gasteiger charge is -2.43. The van der Waals surface area contributed by atoms with Gasteiger partial charge in [-0.2, -0.15) is 0 Å². The lowest BCUT2D eigenvalue weighted by atomic mass is 9.65. The summed E-state index contributed by atoms with van der Waals surface area (Å²) >= 11 is 0. The van der Waals surface area contributed by atoms with Crippen LogP contribution in [0.1, 0.15) is 77.6 Å². The molecule has 0 bridgehead atoms. The van der Waals surface area contributed by atoms with Crippen molar-refractivity contribution in [2.75, 3.05) is 0 Å². The van der Waals surface area contributed by atoms with Crippen LogP contribution in [0.15, 0.2) is 0 Å². The van der Waals surface area contributed by atoms with Gasteiger partial charge in [0.05, 0.1) is 5.92 Å². The van der Waals surface area contributed by atoms with Crippen LogP contribution in [0.2, 0.25) is 0 Å². The van der Waals surface area contributed by atoms with Crippen LogP contribution in [0.3, 0.4) is 0 Å². The van der Waals surface area contributed by atoms with E-state index in [4.69, 9.17) is 0 Å². The van der Waals surface area contributed by atoms with E-state index in [9.17, 15) is 9.59 Å². The first-order valence-electron chi connectivity index (χ1n) is 9.71. The SMILES string of the molecule is CC(=O)NC1CC2CCCCC2CC1C(=O)NC1CCCCC1. The zero-order valence-corrected chi connectivity index (χ0v) is 14.5. The molecule has 4 atom stereocenters. The van der Waals surface area contributed by atoms with E-state index in [-0.39, 0.29) is 23.8 Å². The predicted octanol–water partition coefficient (Wildman–Crippen LogP) is 3.16. The van der Waals surface area contributed by atoms with Gasteiger partial charge in [-0.25, -0.2) is 0 Å². The highest BCUT2D eigenvalue weighted by Crippen LogP contribution is 2.43. The minimum atomic E-state index is -0.0276. The first-order chi connectivity index (χ1) is 11.1. The van der Waals surface area contributed by atoms with Crippen molar-refractivity contribution in [3.63, 3.8) is 0 Å². The second kappa shape index (κ2) is 7.67. The standard InChI is InChI=1S/C19H32N2O2/c1-13(22)20-18-12-15-8-6-5-7-14(15)11-17(18)19(23)21-16-9-3-2-4-10-16/h14-18H,2-12H2,1H3,(H,20,22)(H,21,23). The van der Waals surface area contributed by atoms with Crippen molar-refractivity contribution in [3.05, 3.63) is 0 Å². The molecule has 0 aromatic rings. The molecule has 23 heavy (non-hydrogen) atoms. The number of hydrogen-bond acceptors (Lipinski definition) is 2. The highest BCUT2D eigenvalue weighted by Gasteiger charge is 2.41. The van der Waals surface area contributed by atoms with E-state index in [1.165, 1.54) is 44.9 Å². The molecule has 0 aromatic heterocycles. The molecule has 3 fully saturated rings. The Hall–Kier alpha value is -1.06. The Balaban J connectivity index is 1.64. The molecule has 3 saturated carbocycles. The largest absolute Gasteiger partial charge is 0.353 e. The van der Waals surface area contributed by atoms with Gasteiger partial charge in [-0.15, -0.1) is 0 Å². The fourth-order valence-electron chi connectivity index (χ4n) is 5.15. The van der Waals surface area contributed by atoms with Crippen LogP contribution in [-0.2, 0) is 9.59 Å². The summed E-state index contributed by atoms with van der Waals surface area (Å²) in [5, 5.41) is 6.38. The zero-order valence-electron chi connectivity index (χ0n) is 14.5. The van der Waals surface area contributed by atoms with Crippen molar-refractivity contribution in [1.82, 2.24) is 10.6 Å². The van der Waals surface area contributed by atoms with Gasteiger partial charge in [-0.05, 0) is 37.5 Å². The first kappa shape index (κ1) is 16.8. The number of rotatable bonds is 3. The van der Waals surface area contributed by atoms with Gasteiger partial charge in [0.1, 0.15) is 0 Å². The van der Waals surface area contributed by atoms with Gasteiger partial charge >= 0.3 is 0 Å². The van der Waals surface area contributed by atoms with Gasteiger partial charge in [-0.1, -0.05) is 44.9 Å². The highest BCUT2D eigenvalue weighted by molar-refractivity contribution is 5.81. The molecule has 0 aliphatic heterocycles. The summed E-state index contributed by atoms with van der Waals surface area (Å²) in [6, 6.07) is 0.397. The predicted molar refractivity (Wildman–Crippen MR) is 90.8 cm³/mol. The Morgan fingerprint density at radius 1 is 0.783 bits per heavy atom. The second-order valence-electron chi connectivity index (χ2n) is 8.03. The van der Waals surface area contributed by atoms with Crippen LogP contribution in [-0.4, -0.2) is 23.9 Å². The topological polar surface area (TPSA) is 58.2 Å². The number of amides is 2. The molecule has 2 amide bonds. The summed E-state index contributed by atoms with van der Waals surface area (Å²) < 4.78 is 0. The van der Waals surface area contributed by atoms with Gasteiger partial charge in [0.2, 0.25) is 11.8 Å². The maximum atomic E-state index is 12.9. The van der Waals surface area contributed by atoms with E-state index < -0.39 is 0 Å². The molecule has 2 N–H and O–H groups in total. The van der Waals surface area contributed by atoms with Crippen LogP contribution in [0.5, 0.6) is 0 Å². The number of carbonyl (C=O) groups excluding carboxylic acids is 2. The van der Waals surface area contributed by atoms with Gasteiger partial charge < -0.3 is 10.6 Å². The Kier molecular flexibility index (Phi) is 5.60. The van der Waals surface area contributed by atoms with Crippen LogP contribution < -0.4 is 10.6 Å². The lowest BCUT2D eigenvalue weighted by molar-refractivity contribution is -0.130. The van der Waals surface area contributed by atoms with Gasteiger partial charge in [0, 0.05) is 19.0 Å². The molecule has 0 radical (unpaired) electrons. The second-order valence-corrected chi connectivity index (χ2v) is 8.03. The molecule has 0 aromatic carbocycles. The van der Waals surface area contributed by atoms with E-state index in [0.29, 0.717) is 17.9 Å². The van der Waals surface area contributed by atoms with E-state index in [0.717, 1.165) is 25.7 Å². The van der Waals surface area contributed by atoms with Crippen molar-refractivity contribution in [1.29, 1.82) is 0 Å². The average Bonchev–Trinajstić information content (AvgIpc) is 2.54. The summed E-state index contributed by atoms with van der Waals surface area (Å²) in [6.45, 7) is 1.57. The average molecular weight is 320 g/mol. The summed E-state index contributed by atoms with van der Waals surface area (Å²) in [5.41, 5.74) is 0. The quantitative estimate of drug-likeness (QED) is 0.839. The summed E-state index contributed by atoms with van der Waals surface area (Å²) in [4.78, 5) is 24.5. The number of fused-ring (bicyclic) bond motifs is 1. The minimum Gasteiger partial charge on any atom is -0.353 e. The monoisotopic (exact) mass is 320 g/mol. The fraction of sp³-hybridized carbons (Fsp3) is 0.895. The lowest BCUT2D eigenvalue weighted by Crippen LogP contribution is -2.53. The number of carbonyl (C=O) groups is 2. The molecule has 4 heteroatoms.